The van der Waals surface area contributed by atoms with Crippen molar-refractivity contribution < 1.29 is 19.4 Å². The fourth-order valence-corrected chi connectivity index (χ4v) is 1.95. The maximum atomic E-state index is 11.6. The van der Waals surface area contributed by atoms with E-state index in [1.807, 2.05) is 13.8 Å². The second kappa shape index (κ2) is 6.88. The van der Waals surface area contributed by atoms with Crippen molar-refractivity contribution in [1.29, 1.82) is 0 Å². The van der Waals surface area contributed by atoms with Crippen LogP contribution in [0.2, 0.25) is 0 Å². The number of anilines is 1. The summed E-state index contributed by atoms with van der Waals surface area (Å²) in [6.07, 6.45) is 2.52. The first kappa shape index (κ1) is 15.9. The van der Waals surface area contributed by atoms with Crippen molar-refractivity contribution in [3.63, 3.8) is 0 Å². The molecule has 1 aromatic heterocycles. The normalized spacial score (nSPS) is 10.9. The van der Waals surface area contributed by atoms with E-state index in [9.17, 15) is 14.7 Å². The van der Waals surface area contributed by atoms with E-state index in [4.69, 9.17) is 0 Å². The molecule has 0 fully saturated rings. The van der Waals surface area contributed by atoms with Crippen LogP contribution < -0.4 is 5.32 Å². The maximum Gasteiger partial charge on any atom is 0.341 e. The number of esters is 1. The minimum absolute atomic E-state index is 0.205. The first-order chi connectivity index (χ1) is 9.50. The highest BCUT2D eigenvalue weighted by molar-refractivity contribution is 5.94. The minimum atomic E-state index is -0.870. The number of methoxy groups -OCH3 is 1. The molecule has 1 heterocycles. The van der Waals surface area contributed by atoms with Gasteiger partial charge in [-0.25, -0.2) is 9.78 Å². The molecule has 0 radical (unpaired) electrons. The van der Waals surface area contributed by atoms with E-state index < -0.39 is 17.4 Å². The fraction of sp³-hybridized carbons (Fsp3) is 0.500. The minimum Gasteiger partial charge on any atom is -0.481 e. The van der Waals surface area contributed by atoms with E-state index in [1.54, 1.807) is 12.1 Å². The molecular formula is C14H20N2O4. The summed E-state index contributed by atoms with van der Waals surface area (Å²) in [4.78, 5) is 27.1. The fourth-order valence-electron chi connectivity index (χ4n) is 1.95. The molecule has 0 aliphatic carbocycles. The summed E-state index contributed by atoms with van der Waals surface area (Å²) in [6, 6.07) is 3.21. The molecule has 0 aromatic carbocycles. The Bertz CT molecular complexity index is 484. The van der Waals surface area contributed by atoms with Crippen molar-refractivity contribution >= 4 is 17.8 Å². The zero-order valence-electron chi connectivity index (χ0n) is 12.0. The van der Waals surface area contributed by atoms with Crippen LogP contribution in [0, 0.1) is 5.41 Å². The lowest BCUT2D eigenvalue weighted by molar-refractivity contribution is -0.148. The molecule has 0 saturated heterocycles. The second-order valence-corrected chi connectivity index (χ2v) is 4.54. The van der Waals surface area contributed by atoms with Crippen LogP contribution >= 0.6 is 0 Å². The third-order valence-electron chi connectivity index (χ3n) is 3.61. The van der Waals surface area contributed by atoms with Crippen LogP contribution in [-0.4, -0.2) is 35.7 Å². The summed E-state index contributed by atoms with van der Waals surface area (Å²) < 4.78 is 4.67. The van der Waals surface area contributed by atoms with E-state index in [-0.39, 0.29) is 6.54 Å². The van der Waals surface area contributed by atoms with Gasteiger partial charge in [0.15, 0.2) is 0 Å². The number of aliphatic carboxylic acids is 1. The summed E-state index contributed by atoms with van der Waals surface area (Å²) >= 11 is 0. The quantitative estimate of drug-likeness (QED) is 0.744. The van der Waals surface area contributed by atoms with Crippen molar-refractivity contribution in [3.05, 3.63) is 23.9 Å². The van der Waals surface area contributed by atoms with Crippen LogP contribution in [0.1, 0.15) is 37.0 Å². The average Bonchev–Trinajstić information content (AvgIpc) is 2.48. The second-order valence-electron chi connectivity index (χ2n) is 4.54. The predicted octanol–water partition coefficient (Wildman–Crippen LogP) is 2.17. The number of aromatic nitrogens is 1. The number of carbonyl (C=O) groups is 2. The Labute approximate surface area is 118 Å². The number of pyridine rings is 1. The number of hydrogen-bond donors (Lipinski definition) is 2. The standard InChI is InChI=1S/C14H20N2O4/c1-4-14(5-2,13(18)19)9-16-11-10(12(17)20-3)7-6-8-15-11/h6-8H,4-5,9H2,1-3H3,(H,15,16)(H,18,19). The third kappa shape index (κ3) is 3.26. The first-order valence-corrected chi connectivity index (χ1v) is 6.51. The number of carboxylic acid groups (broad SMARTS) is 1. The monoisotopic (exact) mass is 280 g/mol. The lowest BCUT2D eigenvalue weighted by atomic mass is 9.82. The molecular weight excluding hydrogens is 260 g/mol. The third-order valence-corrected chi connectivity index (χ3v) is 3.61. The number of nitrogens with one attached hydrogen (secondary N) is 1. The molecule has 0 aliphatic heterocycles. The summed E-state index contributed by atoms with van der Waals surface area (Å²) in [5.41, 5.74) is -0.577. The van der Waals surface area contributed by atoms with Gasteiger partial charge in [-0.1, -0.05) is 13.8 Å². The molecule has 0 unspecified atom stereocenters. The van der Waals surface area contributed by atoms with E-state index in [1.165, 1.54) is 13.3 Å². The van der Waals surface area contributed by atoms with Crippen LogP contribution in [0.5, 0.6) is 0 Å². The molecule has 6 nitrogen and oxygen atoms in total. The molecule has 110 valence electrons. The Balaban J connectivity index is 2.94. The van der Waals surface area contributed by atoms with Crippen LogP contribution in [0.25, 0.3) is 0 Å². The molecule has 0 atom stereocenters. The Morgan fingerprint density at radius 1 is 1.40 bits per heavy atom. The van der Waals surface area contributed by atoms with Gasteiger partial charge >= 0.3 is 11.9 Å². The smallest absolute Gasteiger partial charge is 0.341 e. The number of rotatable bonds is 7. The molecule has 0 bridgehead atoms. The number of hydrogen-bond acceptors (Lipinski definition) is 5. The summed E-state index contributed by atoms with van der Waals surface area (Å²) in [6.45, 7) is 3.87. The topological polar surface area (TPSA) is 88.5 Å². The van der Waals surface area contributed by atoms with Crippen LogP contribution in [-0.2, 0) is 9.53 Å². The number of carboxylic acids is 1. The first-order valence-electron chi connectivity index (χ1n) is 6.51. The lowest BCUT2D eigenvalue weighted by Gasteiger charge is -2.27. The number of carbonyl (C=O) groups excluding carboxylic acids is 1. The molecule has 1 rings (SSSR count). The van der Waals surface area contributed by atoms with Gasteiger partial charge in [0.1, 0.15) is 11.4 Å². The van der Waals surface area contributed by atoms with Gasteiger partial charge in [0.25, 0.3) is 0 Å². The van der Waals surface area contributed by atoms with Gasteiger partial charge in [-0.3, -0.25) is 4.79 Å². The Kier molecular flexibility index (Phi) is 5.49. The van der Waals surface area contributed by atoms with E-state index in [0.29, 0.717) is 24.2 Å². The maximum absolute atomic E-state index is 11.6. The van der Waals surface area contributed by atoms with Gasteiger partial charge in [-0.15, -0.1) is 0 Å². The van der Waals surface area contributed by atoms with Crippen LogP contribution in [0.15, 0.2) is 18.3 Å². The summed E-state index contributed by atoms with van der Waals surface area (Å²) in [7, 11) is 1.29. The largest absolute Gasteiger partial charge is 0.481 e. The molecule has 2 N–H and O–H groups in total. The molecule has 6 heteroatoms. The predicted molar refractivity (Wildman–Crippen MR) is 74.7 cm³/mol. The summed E-state index contributed by atoms with van der Waals surface area (Å²) in [5.74, 6) is -1.02. The Morgan fingerprint density at radius 3 is 2.55 bits per heavy atom. The van der Waals surface area contributed by atoms with Crippen LogP contribution in [0.3, 0.4) is 0 Å². The molecule has 20 heavy (non-hydrogen) atoms. The number of ether oxygens (including phenoxy) is 1. The van der Waals surface area contributed by atoms with Gasteiger partial charge in [-0.05, 0) is 25.0 Å². The lowest BCUT2D eigenvalue weighted by Crippen LogP contribution is -2.37. The van der Waals surface area contributed by atoms with Crippen LogP contribution in [0.4, 0.5) is 5.82 Å². The Morgan fingerprint density at radius 2 is 2.05 bits per heavy atom. The zero-order chi connectivity index (χ0) is 15.2. The van der Waals surface area contributed by atoms with Gasteiger partial charge in [0, 0.05) is 12.7 Å². The molecule has 0 spiro atoms. The molecule has 0 aliphatic rings. The van der Waals surface area contributed by atoms with Crippen molar-refractivity contribution in [2.75, 3.05) is 19.0 Å². The Hall–Kier alpha value is -2.11. The van der Waals surface area contributed by atoms with Gasteiger partial charge in [0.05, 0.1) is 12.5 Å². The summed E-state index contributed by atoms with van der Waals surface area (Å²) in [5, 5.41) is 12.3. The van der Waals surface area contributed by atoms with Gasteiger partial charge < -0.3 is 15.2 Å². The van der Waals surface area contributed by atoms with Gasteiger partial charge in [0.2, 0.25) is 0 Å². The van der Waals surface area contributed by atoms with Crippen molar-refractivity contribution in [3.8, 4) is 0 Å². The highest BCUT2D eigenvalue weighted by atomic mass is 16.5. The van der Waals surface area contributed by atoms with E-state index in [2.05, 4.69) is 15.0 Å². The highest BCUT2D eigenvalue weighted by Crippen LogP contribution is 2.27. The van der Waals surface area contributed by atoms with Crippen molar-refractivity contribution in [2.24, 2.45) is 5.41 Å². The molecule has 0 amide bonds. The van der Waals surface area contributed by atoms with E-state index >= 15 is 0 Å². The van der Waals surface area contributed by atoms with Crippen molar-refractivity contribution in [2.45, 2.75) is 26.7 Å². The SMILES string of the molecule is CCC(CC)(CNc1ncccc1C(=O)OC)C(=O)O. The van der Waals surface area contributed by atoms with Crippen molar-refractivity contribution in [1.82, 2.24) is 4.98 Å². The number of nitrogens with zero attached hydrogens (tertiary/aromatic N) is 1. The van der Waals surface area contributed by atoms with E-state index in [0.717, 1.165) is 0 Å². The zero-order valence-corrected chi connectivity index (χ0v) is 12.0. The molecule has 0 saturated carbocycles. The van der Waals surface area contributed by atoms with Gasteiger partial charge in [-0.2, -0.15) is 0 Å². The average molecular weight is 280 g/mol. The highest BCUT2D eigenvalue weighted by Gasteiger charge is 2.35. The molecule has 1 aromatic rings.